The Morgan fingerprint density at radius 1 is 0.825 bits per heavy atom. The minimum absolute atomic E-state index is 0.456. The van der Waals surface area contributed by atoms with Crippen molar-refractivity contribution in [2.45, 2.75) is 75.9 Å². The van der Waals surface area contributed by atoms with Crippen molar-refractivity contribution in [1.82, 2.24) is 15.5 Å². The van der Waals surface area contributed by atoms with Gasteiger partial charge in [0.2, 0.25) is 0 Å². The lowest BCUT2D eigenvalue weighted by Crippen LogP contribution is -2.59. The minimum atomic E-state index is 0.456. The zero-order valence-electron chi connectivity index (χ0n) is 24.7. The number of fused-ring (bicyclic) bond motifs is 1. The number of piperidine rings is 1. The molecule has 4 heteroatoms. The summed E-state index contributed by atoms with van der Waals surface area (Å²) in [5.74, 6) is 1.91. The van der Waals surface area contributed by atoms with Crippen LogP contribution in [0.15, 0.2) is 78.9 Å². The summed E-state index contributed by atoms with van der Waals surface area (Å²) >= 11 is 0. The van der Waals surface area contributed by atoms with Crippen LogP contribution in [0.1, 0.15) is 67.2 Å². The monoisotopic (exact) mass is 539 g/mol. The van der Waals surface area contributed by atoms with Crippen LogP contribution in [-0.4, -0.2) is 44.7 Å². The van der Waals surface area contributed by atoms with E-state index < -0.39 is 0 Å². The molecule has 1 saturated carbocycles. The van der Waals surface area contributed by atoms with Gasteiger partial charge in [-0.25, -0.2) is 0 Å². The number of unbranched alkanes of at least 4 members (excludes halogenated alkanes) is 1. The van der Waals surface area contributed by atoms with Crippen LogP contribution in [0.4, 0.5) is 0 Å². The molecule has 2 N–H and O–H groups in total. The van der Waals surface area contributed by atoms with Gasteiger partial charge in [0.1, 0.15) is 5.75 Å². The normalized spacial score (nSPS) is 23.4. The molecular formula is C36H49N3O. The summed E-state index contributed by atoms with van der Waals surface area (Å²) in [6.07, 6.45) is 10.7. The predicted molar refractivity (Wildman–Crippen MR) is 167 cm³/mol. The van der Waals surface area contributed by atoms with Crippen LogP contribution in [0, 0.1) is 5.92 Å². The molecule has 0 unspecified atom stereocenters. The van der Waals surface area contributed by atoms with E-state index in [0.717, 1.165) is 43.9 Å². The quantitative estimate of drug-likeness (QED) is 0.280. The highest BCUT2D eigenvalue weighted by atomic mass is 16.5. The lowest BCUT2D eigenvalue weighted by atomic mass is 9.52. The summed E-state index contributed by atoms with van der Waals surface area (Å²) in [5, 5.41) is 6.96. The lowest BCUT2D eigenvalue weighted by molar-refractivity contribution is 0.00274. The Kier molecular flexibility index (Phi) is 10.3. The first-order valence-corrected chi connectivity index (χ1v) is 15.6. The van der Waals surface area contributed by atoms with Crippen molar-refractivity contribution in [3.8, 4) is 5.75 Å². The smallest absolute Gasteiger partial charge is 0.119 e. The van der Waals surface area contributed by atoms with Crippen molar-refractivity contribution in [2.24, 2.45) is 5.92 Å². The Bertz CT molecular complexity index is 1120. The van der Waals surface area contributed by atoms with E-state index in [1.54, 1.807) is 18.2 Å². The first-order valence-electron chi connectivity index (χ1n) is 15.6. The number of methoxy groups -OCH3 is 1. The molecule has 1 saturated heterocycles. The molecule has 2 aliphatic carbocycles. The van der Waals surface area contributed by atoms with Crippen LogP contribution in [-0.2, 0) is 24.9 Å². The number of hydrogen-bond donors (Lipinski definition) is 2. The molecule has 6 rings (SSSR count). The molecule has 0 radical (unpaired) electrons. The highest BCUT2D eigenvalue weighted by Crippen LogP contribution is 2.55. The molecule has 1 aliphatic heterocycles. The standard InChI is InChI=1S/C18H24N2.C18H25NO/c1-3-9-17(10-4-1)15-19-13-7-8-14-20-16-18-11-5-2-6-12-18;1-19-10-9-18-8-4-3-5-15(18)17(19)11-13-6-7-14(20-2)12-16(13)18/h1-6,9-12,19-20H,7-8,13-16H2;6-7,12,15,17H,3-5,8-11H2,1-2H3/t;15-,17-,18+/m.1/s1. The molecule has 0 amide bonds. The lowest BCUT2D eigenvalue weighted by Gasteiger charge is -2.58. The third-order valence-electron chi connectivity index (χ3n) is 9.62. The molecule has 214 valence electrons. The number of rotatable bonds is 10. The Morgan fingerprint density at radius 3 is 2.10 bits per heavy atom. The maximum atomic E-state index is 5.51. The summed E-state index contributed by atoms with van der Waals surface area (Å²) in [6.45, 7) is 5.37. The number of nitrogens with zero attached hydrogens (tertiary/aromatic N) is 1. The topological polar surface area (TPSA) is 36.5 Å². The highest BCUT2D eigenvalue weighted by Gasteiger charge is 2.53. The van der Waals surface area contributed by atoms with Gasteiger partial charge in [0.25, 0.3) is 0 Å². The molecule has 2 bridgehead atoms. The maximum Gasteiger partial charge on any atom is 0.119 e. The van der Waals surface area contributed by atoms with E-state index in [1.807, 2.05) is 0 Å². The number of ether oxygens (including phenoxy) is 1. The summed E-state index contributed by atoms with van der Waals surface area (Å²) in [5.41, 5.74) is 6.38. The maximum absolute atomic E-state index is 5.51. The van der Waals surface area contributed by atoms with Crippen molar-refractivity contribution in [3.05, 3.63) is 101 Å². The van der Waals surface area contributed by atoms with Gasteiger partial charge in [-0.3, -0.25) is 0 Å². The number of likely N-dealkylation sites (N-methyl/N-ethyl adjacent to an activating group) is 1. The van der Waals surface area contributed by atoms with Gasteiger partial charge in [-0.05, 0) is 106 Å². The van der Waals surface area contributed by atoms with Crippen molar-refractivity contribution >= 4 is 0 Å². The van der Waals surface area contributed by atoms with Crippen LogP contribution in [0.5, 0.6) is 5.75 Å². The molecule has 40 heavy (non-hydrogen) atoms. The average molecular weight is 540 g/mol. The largest absolute Gasteiger partial charge is 0.497 e. The fraction of sp³-hybridized carbons (Fsp3) is 0.500. The average Bonchev–Trinajstić information content (AvgIpc) is 3.01. The number of nitrogens with one attached hydrogen (secondary N) is 2. The fourth-order valence-electron chi connectivity index (χ4n) is 7.46. The van der Waals surface area contributed by atoms with E-state index in [1.165, 1.54) is 69.0 Å². The van der Waals surface area contributed by atoms with Crippen molar-refractivity contribution < 1.29 is 4.74 Å². The third kappa shape index (κ3) is 6.97. The van der Waals surface area contributed by atoms with Gasteiger partial charge >= 0.3 is 0 Å². The molecule has 2 fully saturated rings. The third-order valence-corrected chi connectivity index (χ3v) is 9.62. The second-order valence-corrected chi connectivity index (χ2v) is 12.1. The van der Waals surface area contributed by atoms with Crippen molar-refractivity contribution in [1.29, 1.82) is 0 Å². The second kappa shape index (κ2) is 14.3. The molecule has 4 nitrogen and oxygen atoms in total. The Hall–Kier alpha value is -2.66. The molecule has 0 aromatic heterocycles. The van der Waals surface area contributed by atoms with Crippen LogP contribution >= 0.6 is 0 Å². The molecule has 3 atom stereocenters. The van der Waals surface area contributed by atoms with Gasteiger partial charge < -0.3 is 20.3 Å². The van der Waals surface area contributed by atoms with Gasteiger partial charge in [-0.1, -0.05) is 79.6 Å². The van der Waals surface area contributed by atoms with Gasteiger partial charge in [-0.15, -0.1) is 0 Å². The highest BCUT2D eigenvalue weighted by molar-refractivity contribution is 5.45. The van der Waals surface area contributed by atoms with Gasteiger partial charge in [0.05, 0.1) is 7.11 Å². The van der Waals surface area contributed by atoms with Gasteiger partial charge in [0, 0.05) is 24.5 Å². The van der Waals surface area contributed by atoms with E-state index >= 15 is 0 Å². The Morgan fingerprint density at radius 2 is 1.48 bits per heavy atom. The van der Waals surface area contributed by atoms with Crippen LogP contribution < -0.4 is 15.4 Å². The van der Waals surface area contributed by atoms with Gasteiger partial charge in [0.15, 0.2) is 0 Å². The Balaban J connectivity index is 0.000000161. The summed E-state index contributed by atoms with van der Waals surface area (Å²) in [6, 6.07) is 28.7. The molecular weight excluding hydrogens is 490 g/mol. The van der Waals surface area contributed by atoms with Crippen LogP contribution in [0.3, 0.4) is 0 Å². The Labute approximate surface area is 242 Å². The summed E-state index contributed by atoms with van der Waals surface area (Å²) < 4.78 is 5.51. The minimum Gasteiger partial charge on any atom is -0.497 e. The van der Waals surface area contributed by atoms with E-state index in [-0.39, 0.29) is 0 Å². The molecule has 1 heterocycles. The fourth-order valence-corrected chi connectivity index (χ4v) is 7.46. The van der Waals surface area contributed by atoms with E-state index in [9.17, 15) is 0 Å². The number of likely N-dealkylation sites (tertiary alicyclic amines) is 1. The predicted octanol–water partition coefficient (Wildman–Crippen LogP) is 6.73. The number of benzene rings is 3. The SMILES string of the molecule is COc1ccc2c(c1)[C@]13CCCC[C@@H]1[C@@H](C2)N(C)CC3.c1ccc(CNCCCCNCc2ccccc2)cc1. The molecule has 3 aromatic carbocycles. The number of hydrogen-bond acceptors (Lipinski definition) is 4. The van der Waals surface area contributed by atoms with E-state index in [4.69, 9.17) is 4.74 Å². The zero-order chi connectivity index (χ0) is 27.6. The molecule has 3 aliphatic rings. The van der Waals surface area contributed by atoms with Crippen LogP contribution in [0.25, 0.3) is 0 Å². The second-order valence-electron chi connectivity index (χ2n) is 12.1. The van der Waals surface area contributed by atoms with E-state index in [2.05, 4.69) is 101 Å². The van der Waals surface area contributed by atoms with Gasteiger partial charge in [-0.2, -0.15) is 0 Å². The first-order chi connectivity index (χ1) is 19.7. The van der Waals surface area contributed by atoms with Crippen molar-refractivity contribution in [3.63, 3.8) is 0 Å². The molecule has 3 aromatic rings. The van der Waals surface area contributed by atoms with Crippen LogP contribution in [0.2, 0.25) is 0 Å². The summed E-state index contributed by atoms with van der Waals surface area (Å²) in [7, 11) is 4.12. The van der Waals surface area contributed by atoms with Crippen molar-refractivity contribution in [2.75, 3.05) is 33.8 Å². The van der Waals surface area contributed by atoms with E-state index in [0.29, 0.717) is 5.41 Å². The molecule has 0 spiro atoms. The summed E-state index contributed by atoms with van der Waals surface area (Å²) in [4.78, 5) is 2.63. The first kappa shape index (κ1) is 28.9. The zero-order valence-corrected chi connectivity index (χ0v) is 24.7.